The largest absolute Gasteiger partial charge is 0.445 e. The summed E-state index contributed by atoms with van der Waals surface area (Å²) in [6.07, 6.45) is -0.108. The number of carbonyl (C=O) groups excluding carboxylic acids is 4. The Bertz CT molecular complexity index is 969. The lowest BCUT2D eigenvalue weighted by Gasteiger charge is -2.24. The Morgan fingerprint density at radius 1 is 0.857 bits per heavy atom. The average molecular weight is 502 g/mol. The number of amides is 3. The van der Waals surface area contributed by atoms with Crippen molar-refractivity contribution in [3.63, 3.8) is 0 Å². The highest BCUT2D eigenvalue weighted by atomic mass is 35.5. The van der Waals surface area contributed by atoms with Gasteiger partial charge in [0.25, 0.3) is 0 Å². The highest BCUT2D eigenvalue weighted by Crippen LogP contribution is 2.09. The van der Waals surface area contributed by atoms with Gasteiger partial charge >= 0.3 is 6.09 Å². The van der Waals surface area contributed by atoms with Crippen LogP contribution < -0.4 is 16.0 Å². The van der Waals surface area contributed by atoms with Crippen LogP contribution in [0.5, 0.6) is 0 Å². The Kier molecular flexibility index (Phi) is 11.8. The van der Waals surface area contributed by atoms with Crippen molar-refractivity contribution in [1.82, 2.24) is 16.0 Å². The van der Waals surface area contributed by atoms with E-state index in [0.717, 1.165) is 11.1 Å². The maximum Gasteiger partial charge on any atom is 0.407 e. The van der Waals surface area contributed by atoms with Crippen LogP contribution in [0.1, 0.15) is 31.4 Å². The number of hydrogen-bond acceptors (Lipinski definition) is 5. The number of rotatable bonds is 13. The molecule has 3 amide bonds. The lowest BCUT2D eigenvalue weighted by Crippen LogP contribution is -2.54. The molecule has 35 heavy (non-hydrogen) atoms. The van der Waals surface area contributed by atoms with Crippen molar-refractivity contribution >= 4 is 35.3 Å². The summed E-state index contributed by atoms with van der Waals surface area (Å²) in [5.74, 6) is -1.51. The molecule has 0 spiro atoms. The Morgan fingerprint density at radius 2 is 1.46 bits per heavy atom. The standard InChI is InChI=1S/C26H32ClN3O5/c1-18(2)13-22(25(33)30-21(23(31)15-27)14-19-9-5-3-6-10-19)29-24(32)16-28-26(34)35-17-20-11-7-4-8-12-20/h3-12,18,21-22H,13-17H2,1-2H3,(H,28,34)(H,29,32)(H,30,33)/t21-,22-/m0/s1. The van der Waals surface area contributed by atoms with E-state index in [4.69, 9.17) is 16.3 Å². The average Bonchev–Trinajstić information content (AvgIpc) is 2.85. The lowest BCUT2D eigenvalue weighted by atomic mass is 10.00. The third kappa shape index (κ3) is 10.6. The summed E-state index contributed by atoms with van der Waals surface area (Å²) in [6, 6.07) is 16.7. The molecule has 0 aliphatic rings. The van der Waals surface area contributed by atoms with E-state index >= 15 is 0 Å². The van der Waals surface area contributed by atoms with Crippen molar-refractivity contribution in [2.24, 2.45) is 5.92 Å². The molecule has 0 bridgehead atoms. The zero-order valence-electron chi connectivity index (χ0n) is 20.0. The van der Waals surface area contributed by atoms with E-state index < -0.39 is 30.0 Å². The van der Waals surface area contributed by atoms with Crippen molar-refractivity contribution in [3.8, 4) is 0 Å². The minimum atomic E-state index is -0.883. The van der Waals surface area contributed by atoms with Crippen molar-refractivity contribution < 1.29 is 23.9 Å². The summed E-state index contributed by atoms with van der Waals surface area (Å²) in [4.78, 5) is 49.7. The summed E-state index contributed by atoms with van der Waals surface area (Å²) in [6.45, 7) is 3.54. The molecule has 0 aromatic heterocycles. The van der Waals surface area contributed by atoms with Crippen LogP contribution in [0.4, 0.5) is 4.79 Å². The molecule has 0 aliphatic heterocycles. The van der Waals surface area contributed by atoms with E-state index in [1.807, 2.05) is 74.5 Å². The second kappa shape index (κ2) is 14.8. The van der Waals surface area contributed by atoms with Gasteiger partial charge in [0.15, 0.2) is 5.78 Å². The number of carbonyl (C=O) groups is 4. The first kappa shape index (κ1) is 27.9. The summed E-state index contributed by atoms with van der Waals surface area (Å²) in [5, 5.41) is 7.74. The molecule has 9 heteroatoms. The molecule has 0 saturated heterocycles. The Morgan fingerprint density at radius 3 is 2.03 bits per heavy atom. The smallest absolute Gasteiger partial charge is 0.407 e. The number of benzene rings is 2. The highest BCUT2D eigenvalue weighted by Gasteiger charge is 2.27. The van der Waals surface area contributed by atoms with Crippen LogP contribution >= 0.6 is 11.6 Å². The second-order valence-corrected chi connectivity index (χ2v) is 8.78. The molecule has 3 N–H and O–H groups in total. The maximum atomic E-state index is 13.0. The molecule has 0 radical (unpaired) electrons. The fourth-order valence-corrected chi connectivity index (χ4v) is 3.52. The Labute approximate surface area is 210 Å². The molecule has 2 rings (SSSR count). The number of ketones is 1. The summed E-state index contributed by atoms with van der Waals surface area (Å²) >= 11 is 5.76. The number of alkyl carbamates (subject to hydrolysis) is 1. The third-order valence-corrected chi connectivity index (χ3v) is 5.35. The van der Waals surface area contributed by atoms with Gasteiger partial charge in [-0.2, -0.15) is 0 Å². The summed E-state index contributed by atoms with van der Waals surface area (Å²) in [5.41, 5.74) is 1.69. The topological polar surface area (TPSA) is 114 Å². The van der Waals surface area contributed by atoms with E-state index in [1.165, 1.54) is 0 Å². The van der Waals surface area contributed by atoms with E-state index in [9.17, 15) is 19.2 Å². The predicted octanol–water partition coefficient (Wildman–Crippen LogP) is 2.98. The molecule has 0 aliphatic carbocycles. The minimum absolute atomic E-state index is 0.0735. The van der Waals surface area contributed by atoms with Gasteiger partial charge in [0, 0.05) is 0 Å². The molecule has 0 heterocycles. The monoisotopic (exact) mass is 501 g/mol. The van der Waals surface area contributed by atoms with E-state index in [0.29, 0.717) is 6.42 Å². The SMILES string of the molecule is CC(C)C[C@H](NC(=O)CNC(=O)OCc1ccccc1)C(=O)N[C@@H](Cc1ccccc1)C(=O)CCl. The third-order valence-electron chi connectivity index (χ3n) is 5.08. The Hall–Kier alpha value is -3.39. The zero-order valence-corrected chi connectivity index (χ0v) is 20.7. The molecule has 8 nitrogen and oxygen atoms in total. The number of ether oxygens (including phenoxy) is 1. The fourth-order valence-electron chi connectivity index (χ4n) is 3.34. The number of nitrogens with one attached hydrogen (secondary N) is 3. The number of alkyl halides is 1. The first-order valence-electron chi connectivity index (χ1n) is 11.4. The van der Waals surface area contributed by atoms with Gasteiger partial charge in [-0.15, -0.1) is 11.6 Å². The van der Waals surface area contributed by atoms with Crippen LogP contribution in [0.3, 0.4) is 0 Å². The highest BCUT2D eigenvalue weighted by molar-refractivity contribution is 6.28. The molecular weight excluding hydrogens is 470 g/mol. The number of halogens is 1. The second-order valence-electron chi connectivity index (χ2n) is 8.52. The number of hydrogen-bond donors (Lipinski definition) is 3. The normalized spacial score (nSPS) is 12.3. The summed E-state index contributed by atoms with van der Waals surface area (Å²) < 4.78 is 5.08. The van der Waals surface area contributed by atoms with Gasteiger partial charge in [-0.3, -0.25) is 14.4 Å². The van der Waals surface area contributed by atoms with Crippen LogP contribution in [0.25, 0.3) is 0 Å². The van der Waals surface area contributed by atoms with Crippen LogP contribution in [0.15, 0.2) is 60.7 Å². The molecule has 2 aromatic rings. The first-order chi connectivity index (χ1) is 16.8. The van der Waals surface area contributed by atoms with Gasteiger partial charge in [-0.05, 0) is 29.9 Å². The first-order valence-corrected chi connectivity index (χ1v) is 12.0. The predicted molar refractivity (Wildman–Crippen MR) is 134 cm³/mol. The lowest BCUT2D eigenvalue weighted by molar-refractivity contribution is -0.131. The van der Waals surface area contributed by atoms with Crippen molar-refractivity contribution in [3.05, 3.63) is 71.8 Å². The van der Waals surface area contributed by atoms with E-state index in [-0.39, 0.29) is 37.2 Å². The fraction of sp³-hybridized carbons (Fsp3) is 0.385. The quantitative estimate of drug-likeness (QED) is 0.365. The minimum Gasteiger partial charge on any atom is -0.445 e. The van der Waals surface area contributed by atoms with Crippen LogP contribution in [-0.2, 0) is 32.1 Å². The Balaban J connectivity index is 1.92. The van der Waals surface area contributed by atoms with Crippen molar-refractivity contribution in [1.29, 1.82) is 0 Å². The molecule has 0 fully saturated rings. The number of Topliss-reactive ketones (excluding diaryl/α,β-unsaturated/α-hetero) is 1. The molecular formula is C26H32ClN3O5. The zero-order chi connectivity index (χ0) is 25.6. The van der Waals surface area contributed by atoms with Gasteiger partial charge in [0.2, 0.25) is 11.8 Å². The van der Waals surface area contributed by atoms with Crippen LogP contribution in [0, 0.1) is 5.92 Å². The van der Waals surface area contributed by atoms with Crippen molar-refractivity contribution in [2.45, 2.75) is 45.4 Å². The molecule has 2 aromatic carbocycles. The van der Waals surface area contributed by atoms with Gasteiger partial charge in [0.05, 0.1) is 11.9 Å². The van der Waals surface area contributed by atoms with Gasteiger partial charge in [-0.1, -0.05) is 74.5 Å². The van der Waals surface area contributed by atoms with Gasteiger partial charge in [-0.25, -0.2) is 4.79 Å². The maximum absolute atomic E-state index is 13.0. The van der Waals surface area contributed by atoms with E-state index in [2.05, 4.69) is 16.0 Å². The van der Waals surface area contributed by atoms with Gasteiger partial charge < -0.3 is 20.7 Å². The van der Waals surface area contributed by atoms with Crippen LogP contribution in [-0.4, -0.2) is 48.2 Å². The molecule has 0 saturated carbocycles. The molecule has 0 unspecified atom stereocenters. The van der Waals surface area contributed by atoms with Crippen molar-refractivity contribution in [2.75, 3.05) is 12.4 Å². The van der Waals surface area contributed by atoms with Gasteiger partial charge in [0.1, 0.15) is 19.2 Å². The summed E-state index contributed by atoms with van der Waals surface area (Å²) in [7, 11) is 0. The van der Waals surface area contributed by atoms with E-state index in [1.54, 1.807) is 0 Å². The van der Waals surface area contributed by atoms with Crippen LogP contribution in [0.2, 0.25) is 0 Å². The molecule has 188 valence electrons. The molecule has 2 atom stereocenters.